The van der Waals surface area contributed by atoms with Gasteiger partial charge in [0.2, 0.25) is 5.91 Å². The second-order valence-corrected chi connectivity index (χ2v) is 12.7. The van der Waals surface area contributed by atoms with Crippen LogP contribution in [-0.2, 0) is 10.2 Å². The van der Waals surface area contributed by atoms with Crippen molar-refractivity contribution in [1.29, 1.82) is 0 Å². The van der Waals surface area contributed by atoms with Crippen LogP contribution in [0.25, 0.3) is 0 Å². The number of carbonyl (C=O) groups is 2. The summed E-state index contributed by atoms with van der Waals surface area (Å²) in [5.74, 6) is 0.723. The van der Waals surface area contributed by atoms with Crippen LogP contribution in [0.4, 0.5) is 5.69 Å². The van der Waals surface area contributed by atoms with Gasteiger partial charge in [-0.25, -0.2) is 0 Å². The van der Waals surface area contributed by atoms with Crippen LogP contribution < -0.4 is 5.32 Å². The van der Waals surface area contributed by atoms with Crippen molar-refractivity contribution in [1.82, 2.24) is 14.7 Å². The molecule has 0 unspecified atom stereocenters. The van der Waals surface area contributed by atoms with E-state index in [1.807, 2.05) is 17.1 Å². The van der Waals surface area contributed by atoms with Crippen LogP contribution >= 0.6 is 0 Å². The second kappa shape index (κ2) is 13.9. The number of carbonyl (C=O) groups excluding carboxylic acids is 2. The summed E-state index contributed by atoms with van der Waals surface area (Å²) in [6.45, 7) is 22.4. The van der Waals surface area contributed by atoms with E-state index >= 15 is 0 Å². The largest absolute Gasteiger partial charge is 0.382 e. The number of likely N-dealkylation sites (tertiary alicyclic amines) is 1. The van der Waals surface area contributed by atoms with Gasteiger partial charge in [0.25, 0.3) is 5.91 Å². The minimum Gasteiger partial charge on any atom is -0.382 e. The number of unbranched alkanes of at least 4 members (excludes halogenated alkanes) is 1. The van der Waals surface area contributed by atoms with E-state index in [-0.39, 0.29) is 17.2 Å². The molecule has 1 saturated carbocycles. The molecule has 1 aromatic carbocycles. The summed E-state index contributed by atoms with van der Waals surface area (Å²) >= 11 is 0. The maximum atomic E-state index is 13.7. The van der Waals surface area contributed by atoms with Gasteiger partial charge in [-0.3, -0.25) is 14.5 Å². The number of hydrogen-bond donors (Lipinski definition) is 1. The Morgan fingerprint density at radius 3 is 2.34 bits per heavy atom. The minimum atomic E-state index is 0.150. The van der Waals surface area contributed by atoms with Crippen LogP contribution in [-0.4, -0.2) is 78.4 Å². The zero-order valence-electron chi connectivity index (χ0n) is 26.0. The molecule has 0 radical (unpaired) electrons. The number of rotatable bonds is 9. The van der Waals surface area contributed by atoms with Crippen molar-refractivity contribution < 1.29 is 9.59 Å². The molecule has 224 valence electrons. The van der Waals surface area contributed by atoms with Gasteiger partial charge < -0.3 is 15.1 Å². The normalized spacial score (nSPS) is 21.1. The van der Waals surface area contributed by atoms with Crippen LogP contribution in [0.5, 0.6) is 0 Å². The first-order valence-corrected chi connectivity index (χ1v) is 15.9. The molecular weight excluding hydrogens is 508 g/mol. The van der Waals surface area contributed by atoms with Gasteiger partial charge in [-0.05, 0) is 66.9 Å². The molecule has 0 bridgehead atoms. The predicted molar refractivity (Wildman–Crippen MR) is 170 cm³/mol. The Kier molecular flexibility index (Phi) is 10.5. The first kappa shape index (κ1) is 31.1. The van der Waals surface area contributed by atoms with Gasteiger partial charge in [0.05, 0.1) is 0 Å². The van der Waals surface area contributed by atoms with E-state index in [9.17, 15) is 9.59 Å². The van der Waals surface area contributed by atoms with Gasteiger partial charge in [-0.2, -0.15) is 0 Å². The molecule has 1 aliphatic carbocycles. The highest BCUT2D eigenvalue weighted by atomic mass is 16.2. The predicted octanol–water partition coefficient (Wildman–Crippen LogP) is 6.41. The quantitative estimate of drug-likeness (QED) is 0.379. The van der Waals surface area contributed by atoms with E-state index in [1.165, 1.54) is 42.4 Å². The number of anilines is 1. The fraction of sp³-hybridized carbons (Fsp3) is 0.600. The number of piperidine rings is 1. The number of amides is 2. The van der Waals surface area contributed by atoms with E-state index in [1.54, 1.807) is 6.92 Å². The summed E-state index contributed by atoms with van der Waals surface area (Å²) in [5.41, 5.74) is 5.89. The van der Waals surface area contributed by atoms with Crippen LogP contribution in [0.3, 0.4) is 0 Å². The lowest BCUT2D eigenvalue weighted by Gasteiger charge is -2.38. The summed E-state index contributed by atoms with van der Waals surface area (Å²) in [6, 6.07) is 6.77. The lowest BCUT2D eigenvalue weighted by molar-refractivity contribution is -0.129. The maximum Gasteiger partial charge on any atom is 0.254 e. The molecule has 1 aromatic rings. The first-order valence-electron chi connectivity index (χ1n) is 15.9. The Bertz CT molecular complexity index is 1140. The summed E-state index contributed by atoms with van der Waals surface area (Å²) in [6.07, 6.45) is 11.8. The summed E-state index contributed by atoms with van der Waals surface area (Å²) in [4.78, 5) is 31.9. The van der Waals surface area contributed by atoms with Crippen LogP contribution in [0, 0.1) is 5.92 Å². The molecule has 1 saturated heterocycles. The zero-order valence-corrected chi connectivity index (χ0v) is 26.0. The number of hydrogen-bond acceptors (Lipinski definition) is 4. The number of benzene rings is 1. The van der Waals surface area contributed by atoms with E-state index in [0.29, 0.717) is 12.0 Å². The standard InChI is InChI=1S/C31H42N4O2.C4H10/c1-5-24-9-14-33(20-25(24)6-2)18-22(3)19-35-21-31(12-13-31)29-8-7-27(17-28(29)30(35)37)32-26-10-15-34(16-11-26)23(4)36;1-3-4-2/h5-8,17,22,26,32H,1-2,9-16,18-21H2,3-4H3;3-4H2,1-2H3/t22-;/m1./s1. The van der Waals surface area contributed by atoms with Gasteiger partial charge in [-0.1, -0.05) is 65.0 Å². The summed E-state index contributed by atoms with van der Waals surface area (Å²) < 4.78 is 0. The Hall–Kier alpha value is -2.86. The number of allylic oxidation sites excluding steroid dienone is 1. The number of fused-ring (bicyclic) bond motifs is 2. The zero-order chi connectivity index (χ0) is 29.6. The molecule has 2 amide bonds. The average molecular weight is 561 g/mol. The lowest BCUT2D eigenvalue weighted by atomic mass is 9.85. The highest BCUT2D eigenvalue weighted by molar-refractivity contribution is 5.98. The Morgan fingerprint density at radius 2 is 1.76 bits per heavy atom. The van der Waals surface area contributed by atoms with Crippen molar-refractivity contribution in [3.63, 3.8) is 0 Å². The molecule has 3 heterocycles. The molecular formula is C35H52N4O2. The molecule has 6 heteroatoms. The Labute approximate surface area is 248 Å². The number of nitrogens with zero attached hydrogens (tertiary/aromatic N) is 3. The third kappa shape index (κ3) is 7.51. The monoisotopic (exact) mass is 560 g/mol. The smallest absolute Gasteiger partial charge is 0.254 e. The summed E-state index contributed by atoms with van der Waals surface area (Å²) in [7, 11) is 0. The average Bonchev–Trinajstić information content (AvgIpc) is 3.75. The van der Waals surface area contributed by atoms with E-state index in [0.717, 1.165) is 76.3 Å². The van der Waals surface area contributed by atoms with Crippen molar-refractivity contribution in [2.75, 3.05) is 51.1 Å². The first-order chi connectivity index (χ1) is 19.7. The van der Waals surface area contributed by atoms with E-state index < -0.39 is 0 Å². The molecule has 4 aliphatic rings. The van der Waals surface area contributed by atoms with Crippen LogP contribution in [0.15, 0.2) is 54.7 Å². The van der Waals surface area contributed by atoms with Gasteiger partial charge in [0, 0.05) is 75.4 Å². The summed E-state index contributed by atoms with van der Waals surface area (Å²) in [5, 5.41) is 3.65. The Balaban J connectivity index is 0.000000909. The van der Waals surface area contributed by atoms with Crippen molar-refractivity contribution in [2.24, 2.45) is 5.92 Å². The highest BCUT2D eigenvalue weighted by Crippen LogP contribution is 2.52. The van der Waals surface area contributed by atoms with Gasteiger partial charge in [0.1, 0.15) is 0 Å². The Morgan fingerprint density at radius 1 is 1.07 bits per heavy atom. The molecule has 1 atom stereocenters. The van der Waals surface area contributed by atoms with E-state index in [2.05, 4.69) is 67.2 Å². The molecule has 5 rings (SSSR count). The maximum absolute atomic E-state index is 13.7. The highest BCUT2D eigenvalue weighted by Gasteiger charge is 2.51. The second-order valence-electron chi connectivity index (χ2n) is 12.7. The lowest BCUT2D eigenvalue weighted by Crippen LogP contribution is -2.47. The van der Waals surface area contributed by atoms with Gasteiger partial charge in [0.15, 0.2) is 0 Å². The third-order valence-electron chi connectivity index (χ3n) is 9.37. The van der Waals surface area contributed by atoms with Crippen molar-refractivity contribution in [3.8, 4) is 0 Å². The van der Waals surface area contributed by atoms with Crippen LogP contribution in [0.1, 0.15) is 88.6 Å². The molecule has 1 N–H and O–H groups in total. The molecule has 3 aliphatic heterocycles. The van der Waals surface area contributed by atoms with Gasteiger partial charge >= 0.3 is 0 Å². The van der Waals surface area contributed by atoms with E-state index in [4.69, 9.17) is 0 Å². The number of nitrogens with one attached hydrogen (secondary N) is 1. The van der Waals surface area contributed by atoms with Crippen molar-refractivity contribution >= 4 is 17.5 Å². The molecule has 0 aromatic heterocycles. The molecule has 6 nitrogen and oxygen atoms in total. The topological polar surface area (TPSA) is 55.9 Å². The fourth-order valence-electron chi connectivity index (χ4n) is 6.59. The third-order valence-corrected chi connectivity index (χ3v) is 9.37. The molecule has 41 heavy (non-hydrogen) atoms. The molecule has 2 fully saturated rings. The minimum absolute atomic E-state index is 0.150. The molecule has 1 spiro atoms. The van der Waals surface area contributed by atoms with Crippen molar-refractivity contribution in [2.45, 2.75) is 84.1 Å². The van der Waals surface area contributed by atoms with Crippen molar-refractivity contribution in [3.05, 3.63) is 65.8 Å². The fourth-order valence-corrected chi connectivity index (χ4v) is 6.59. The van der Waals surface area contributed by atoms with Gasteiger partial charge in [-0.15, -0.1) is 0 Å². The van der Waals surface area contributed by atoms with Crippen LogP contribution in [0.2, 0.25) is 0 Å². The SMILES string of the molecule is C=CC1=C(C=C)CN(C[C@@H](C)CN2CC3(CC3)c3ccc(NC4CCN(C(C)=O)CC4)cc3C2=O)CC1.CCCC.